The molecule has 110 valence electrons. The number of hydrogen-bond donors (Lipinski definition) is 1. The molecule has 2 rings (SSSR count). The van der Waals surface area contributed by atoms with Gasteiger partial charge in [-0.1, -0.05) is 0 Å². The van der Waals surface area contributed by atoms with E-state index >= 15 is 0 Å². The number of alkyl halides is 3. The third kappa shape index (κ3) is 2.38. The summed E-state index contributed by atoms with van der Waals surface area (Å²) in [5, 5.41) is 3.09. The van der Waals surface area contributed by atoms with Gasteiger partial charge in [0.1, 0.15) is 0 Å². The van der Waals surface area contributed by atoms with Crippen molar-refractivity contribution in [2.24, 2.45) is 5.92 Å². The first-order valence-corrected chi connectivity index (χ1v) is 6.12. The van der Waals surface area contributed by atoms with Gasteiger partial charge in [0.2, 0.25) is 0 Å². The van der Waals surface area contributed by atoms with Crippen LogP contribution in [0.2, 0.25) is 0 Å². The first kappa shape index (κ1) is 14.4. The van der Waals surface area contributed by atoms with E-state index in [2.05, 4.69) is 10.1 Å². The van der Waals surface area contributed by atoms with Crippen LogP contribution in [0, 0.1) is 5.92 Å². The maximum Gasteiger partial charge on any atom is 0.425 e. The van der Waals surface area contributed by atoms with E-state index in [0.29, 0.717) is 26.1 Å². The third-order valence-electron chi connectivity index (χ3n) is 3.88. The Kier molecular flexibility index (Phi) is 3.65. The van der Waals surface area contributed by atoms with Crippen molar-refractivity contribution in [3.63, 3.8) is 0 Å². The number of nitrogens with zero attached hydrogens (tertiary/aromatic N) is 1. The largest absolute Gasteiger partial charge is 0.437 e. The normalized spacial score (nSPS) is 32.3. The van der Waals surface area contributed by atoms with Crippen LogP contribution in [-0.2, 0) is 9.47 Å². The molecule has 2 heterocycles. The van der Waals surface area contributed by atoms with Crippen molar-refractivity contribution in [1.29, 1.82) is 0 Å². The van der Waals surface area contributed by atoms with E-state index in [4.69, 9.17) is 4.74 Å². The monoisotopic (exact) mass is 282 g/mol. The number of carbonyl (C=O) groups is 1. The first-order chi connectivity index (χ1) is 8.81. The van der Waals surface area contributed by atoms with Gasteiger partial charge in [-0.15, -0.1) is 0 Å². The molecule has 1 amide bonds. The van der Waals surface area contributed by atoms with Crippen LogP contribution in [0.15, 0.2) is 0 Å². The topological polar surface area (TPSA) is 50.8 Å². The van der Waals surface area contributed by atoms with Gasteiger partial charge in [-0.2, -0.15) is 13.2 Å². The van der Waals surface area contributed by atoms with Crippen molar-refractivity contribution < 1.29 is 27.4 Å². The minimum absolute atomic E-state index is 0.0891. The predicted molar refractivity (Wildman–Crippen MR) is 59.4 cm³/mol. The number of carbonyl (C=O) groups excluding carboxylic acids is 1. The van der Waals surface area contributed by atoms with Crippen molar-refractivity contribution in [1.82, 2.24) is 10.2 Å². The van der Waals surface area contributed by atoms with E-state index in [9.17, 15) is 18.0 Å². The molecule has 2 aliphatic rings. The number of amides is 1. The second-order valence-corrected chi connectivity index (χ2v) is 4.88. The number of likely N-dealkylation sites (tertiary alicyclic amines) is 1. The fourth-order valence-electron chi connectivity index (χ4n) is 2.72. The highest BCUT2D eigenvalue weighted by Gasteiger charge is 2.55. The van der Waals surface area contributed by atoms with Crippen molar-refractivity contribution in [2.45, 2.75) is 31.3 Å². The molecule has 0 unspecified atom stereocenters. The average Bonchev–Trinajstić information content (AvgIpc) is 2.84. The van der Waals surface area contributed by atoms with E-state index in [1.54, 1.807) is 0 Å². The Balaban J connectivity index is 2.07. The van der Waals surface area contributed by atoms with E-state index in [1.807, 2.05) is 0 Å². The quantitative estimate of drug-likeness (QED) is 0.830. The van der Waals surface area contributed by atoms with Gasteiger partial charge in [0, 0.05) is 32.7 Å². The van der Waals surface area contributed by atoms with Crippen molar-refractivity contribution in [2.75, 3.05) is 26.7 Å². The van der Waals surface area contributed by atoms with Gasteiger partial charge in [-0.05, 0) is 13.3 Å². The molecule has 2 aliphatic heterocycles. The zero-order chi connectivity index (χ0) is 14.3. The van der Waals surface area contributed by atoms with Crippen LogP contribution in [-0.4, -0.2) is 55.7 Å². The molecule has 19 heavy (non-hydrogen) atoms. The number of rotatable bonds is 2. The third-order valence-corrected chi connectivity index (χ3v) is 3.88. The average molecular weight is 282 g/mol. The summed E-state index contributed by atoms with van der Waals surface area (Å²) in [5.41, 5.74) is -0.873. The Morgan fingerprint density at radius 2 is 2.21 bits per heavy atom. The lowest BCUT2D eigenvalue weighted by molar-refractivity contribution is -0.204. The Hall–Kier alpha value is -1.02. The standard InChI is InChI=1S/C11H17F3N2O3/c1-7(11(12,13)14)19-9(17)16-4-3-8-5-15-6-10(8,16)18-2/h7-8,15H,3-6H2,1-2H3/t7-,8+,10-/m0/s1. The molecule has 0 saturated carbocycles. The van der Waals surface area contributed by atoms with Crippen LogP contribution in [0.5, 0.6) is 0 Å². The maximum absolute atomic E-state index is 12.4. The molecule has 3 atom stereocenters. The number of methoxy groups -OCH3 is 1. The fraction of sp³-hybridized carbons (Fsp3) is 0.909. The van der Waals surface area contributed by atoms with Gasteiger partial charge in [-0.25, -0.2) is 4.79 Å². The van der Waals surface area contributed by atoms with Crippen LogP contribution in [0.25, 0.3) is 0 Å². The molecule has 0 aromatic rings. The Bertz CT molecular complexity index is 364. The van der Waals surface area contributed by atoms with Crippen molar-refractivity contribution in [3.05, 3.63) is 0 Å². The molecule has 0 radical (unpaired) electrons. The number of ether oxygens (including phenoxy) is 2. The smallest absolute Gasteiger partial charge is 0.425 e. The van der Waals surface area contributed by atoms with E-state index < -0.39 is 24.1 Å². The summed E-state index contributed by atoms with van der Waals surface area (Å²) in [6, 6.07) is 0. The minimum atomic E-state index is -4.55. The van der Waals surface area contributed by atoms with E-state index in [1.165, 1.54) is 12.0 Å². The second kappa shape index (κ2) is 4.82. The number of hydrogen-bond acceptors (Lipinski definition) is 4. The number of nitrogens with one attached hydrogen (secondary N) is 1. The molecule has 5 nitrogen and oxygen atoms in total. The van der Waals surface area contributed by atoms with Gasteiger partial charge in [0.25, 0.3) is 0 Å². The molecule has 0 aliphatic carbocycles. The van der Waals surface area contributed by atoms with Crippen LogP contribution in [0.3, 0.4) is 0 Å². The minimum Gasteiger partial charge on any atom is -0.437 e. The first-order valence-electron chi connectivity index (χ1n) is 6.12. The van der Waals surface area contributed by atoms with E-state index in [0.717, 1.165) is 6.92 Å². The molecule has 8 heteroatoms. The lowest BCUT2D eigenvalue weighted by atomic mass is 10.0. The highest BCUT2D eigenvalue weighted by atomic mass is 19.4. The molecule has 0 bridgehead atoms. The van der Waals surface area contributed by atoms with E-state index in [-0.39, 0.29) is 5.92 Å². The molecule has 0 aromatic heterocycles. The molecular weight excluding hydrogens is 265 g/mol. The summed E-state index contributed by atoms with van der Waals surface area (Å²) in [6.45, 7) is 2.26. The summed E-state index contributed by atoms with van der Waals surface area (Å²) in [6.07, 6.45) is -6.96. The second-order valence-electron chi connectivity index (χ2n) is 4.88. The summed E-state index contributed by atoms with van der Waals surface area (Å²) in [7, 11) is 1.46. The van der Waals surface area contributed by atoms with Crippen LogP contribution < -0.4 is 5.32 Å². The van der Waals surface area contributed by atoms with Gasteiger partial charge >= 0.3 is 12.3 Å². The van der Waals surface area contributed by atoms with Gasteiger partial charge < -0.3 is 14.8 Å². The molecule has 0 aromatic carbocycles. The van der Waals surface area contributed by atoms with Crippen LogP contribution in [0.4, 0.5) is 18.0 Å². The van der Waals surface area contributed by atoms with Crippen molar-refractivity contribution in [3.8, 4) is 0 Å². The summed E-state index contributed by atoms with van der Waals surface area (Å²) < 4.78 is 47.1. The molecular formula is C11H17F3N2O3. The zero-order valence-electron chi connectivity index (χ0n) is 10.8. The van der Waals surface area contributed by atoms with Gasteiger partial charge in [0.05, 0.1) is 0 Å². The molecule has 2 fully saturated rings. The molecule has 0 spiro atoms. The molecule has 1 N–H and O–H groups in total. The highest BCUT2D eigenvalue weighted by molar-refractivity contribution is 5.69. The Morgan fingerprint density at radius 1 is 1.53 bits per heavy atom. The lowest BCUT2D eigenvalue weighted by Gasteiger charge is -2.36. The number of halogens is 3. The van der Waals surface area contributed by atoms with Crippen LogP contribution >= 0.6 is 0 Å². The Morgan fingerprint density at radius 3 is 2.79 bits per heavy atom. The van der Waals surface area contributed by atoms with Crippen molar-refractivity contribution >= 4 is 6.09 Å². The summed E-state index contributed by atoms with van der Waals surface area (Å²) in [4.78, 5) is 13.2. The molecule has 2 saturated heterocycles. The fourth-order valence-corrected chi connectivity index (χ4v) is 2.72. The zero-order valence-corrected chi connectivity index (χ0v) is 10.8. The lowest BCUT2D eigenvalue weighted by Crippen LogP contribution is -2.54. The summed E-state index contributed by atoms with van der Waals surface area (Å²) >= 11 is 0. The SMILES string of the molecule is CO[C@@]12CNC[C@H]1CCN2C(=O)O[C@@H](C)C(F)(F)F. The van der Waals surface area contributed by atoms with Crippen LogP contribution in [0.1, 0.15) is 13.3 Å². The van der Waals surface area contributed by atoms with Gasteiger partial charge in [0.15, 0.2) is 11.8 Å². The highest BCUT2D eigenvalue weighted by Crippen LogP contribution is 2.39. The summed E-state index contributed by atoms with van der Waals surface area (Å²) in [5.74, 6) is 0.0891. The predicted octanol–water partition coefficient (Wildman–Crippen LogP) is 1.34. The Labute approximate surface area is 109 Å². The van der Waals surface area contributed by atoms with Gasteiger partial charge in [-0.3, -0.25) is 4.90 Å². The number of fused-ring (bicyclic) bond motifs is 1. The maximum atomic E-state index is 12.4.